The minimum Gasteiger partial charge on any atom is -0.372 e. The number of carbonyl (C=O) groups is 1. The van der Waals surface area contributed by atoms with E-state index in [4.69, 9.17) is 5.41 Å². The first-order valence-electron chi connectivity index (χ1n) is 12.1. The first kappa shape index (κ1) is 27.4. The molecule has 35 heavy (non-hydrogen) atoms. The predicted molar refractivity (Wildman–Crippen MR) is 144 cm³/mol. The van der Waals surface area contributed by atoms with Crippen LogP contribution in [0.25, 0.3) is 0 Å². The van der Waals surface area contributed by atoms with E-state index in [2.05, 4.69) is 36.2 Å². The first-order chi connectivity index (χ1) is 17.2. The van der Waals surface area contributed by atoms with Crippen molar-refractivity contribution in [1.29, 1.82) is 5.41 Å². The molecule has 9 heteroatoms. The number of hydrogen-bond donors (Lipinski definition) is 5. The minimum atomic E-state index is -0.258. The molecule has 1 atom stereocenters. The molecule has 1 amide bonds. The summed E-state index contributed by atoms with van der Waals surface area (Å²) >= 11 is 0. The molecular weight excluding hydrogens is 440 g/mol. The fraction of sp³-hybridized carbons (Fsp3) is 0.346. The monoisotopic (exact) mass is 476 g/mol. The number of nitrogens with zero attached hydrogens (tertiary/aromatic N) is 3. The zero-order valence-corrected chi connectivity index (χ0v) is 21.1. The van der Waals surface area contributed by atoms with Crippen molar-refractivity contribution in [3.8, 4) is 0 Å². The molecule has 1 fully saturated rings. The Labute approximate surface area is 207 Å². The van der Waals surface area contributed by atoms with E-state index in [0.717, 1.165) is 19.5 Å². The Balaban J connectivity index is 0.00000103. The Morgan fingerprint density at radius 2 is 1.66 bits per heavy atom. The van der Waals surface area contributed by atoms with Gasteiger partial charge in [-0.2, -0.15) is 0 Å². The molecule has 0 bridgehead atoms. The van der Waals surface area contributed by atoms with Crippen molar-refractivity contribution in [3.63, 3.8) is 0 Å². The van der Waals surface area contributed by atoms with Crippen molar-refractivity contribution in [2.75, 3.05) is 36.1 Å². The number of aromatic nitrogens is 3. The smallest absolute Gasteiger partial charge is 0.256 e. The number of hydrogen-bond acceptors (Lipinski definition) is 8. The molecule has 0 aliphatic carbocycles. The Morgan fingerprint density at radius 3 is 2.26 bits per heavy atom. The lowest BCUT2D eigenvalue weighted by Crippen LogP contribution is -2.25. The summed E-state index contributed by atoms with van der Waals surface area (Å²) in [5, 5.41) is 21.4. The van der Waals surface area contributed by atoms with Crippen LogP contribution in [-0.2, 0) is 0 Å². The van der Waals surface area contributed by atoms with Crippen LogP contribution in [0.5, 0.6) is 0 Å². The van der Waals surface area contributed by atoms with E-state index >= 15 is 0 Å². The zero-order chi connectivity index (χ0) is 25.6. The zero-order valence-electron chi connectivity index (χ0n) is 21.1. The van der Waals surface area contributed by atoms with Crippen LogP contribution in [0.2, 0.25) is 0 Å². The lowest BCUT2D eigenvalue weighted by atomic mass is 10.0. The van der Waals surface area contributed by atoms with Crippen LogP contribution >= 0.6 is 0 Å². The number of amides is 1. The van der Waals surface area contributed by atoms with Crippen LogP contribution in [0.1, 0.15) is 55.6 Å². The van der Waals surface area contributed by atoms with Crippen LogP contribution in [0.4, 0.5) is 17.5 Å². The average Bonchev–Trinajstić information content (AvgIpc) is 3.44. The van der Waals surface area contributed by atoms with Gasteiger partial charge in [-0.1, -0.05) is 45.9 Å². The highest BCUT2D eigenvalue weighted by atomic mass is 16.1. The summed E-state index contributed by atoms with van der Waals surface area (Å²) in [7, 11) is 1.77. The molecule has 1 aliphatic rings. The van der Waals surface area contributed by atoms with E-state index in [1.54, 1.807) is 49.6 Å². The van der Waals surface area contributed by atoms with Crippen LogP contribution in [0.15, 0.2) is 55.0 Å². The van der Waals surface area contributed by atoms with Gasteiger partial charge >= 0.3 is 0 Å². The molecule has 3 aromatic rings. The highest BCUT2D eigenvalue weighted by Gasteiger charge is 2.21. The van der Waals surface area contributed by atoms with Gasteiger partial charge in [0, 0.05) is 37.0 Å². The van der Waals surface area contributed by atoms with Crippen LogP contribution < -0.4 is 21.3 Å². The Hall–Kier alpha value is -3.85. The van der Waals surface area contributed by atoms with Crippen molar-refractivity contribution in [2.24, 2.45) is 0 Å². The van der Waals surface area contributed by atoms with E-state index in [9.17, 15) is 4.79 Å². The summed E-state index contributed by atoms with van der Waals surface area (Å²) < 4.78 is 0. The molecule has 0 spiro atoms. The molecule has 2 aromatic heterocycles. The standard InChI is InChI=1S/C22H24N8O.2C2H6/c1-24-20-18(21(28-13-27-20)29-16-9-11-25-12-16)19(23)14-5-7-15(8-6-14)22(31)30-17-4-2-3-10-26-17;2*1-2/h2-8,10,13,16,23,25H,9,11-12H2,1H3,(H,26,30,31)(H2,24,27,28,29);2*1-2H3. The van der Waals surface area contributed by atoms with Crippen LogP contribution in [-0.4, -0.2) is 52.7 Å². The summed E-state index contributed by atoms with van der Waals surface area (Å²) in [6.07, 6.45) is 4.10. The van der Waals surface area contributed by atoms with E-state index in [-0.39, 0.29) is 17.7 Å². The van der Waals surface area contributed by atoms with E-state index in [1.165, 1.54) is 6.33 Å². The number of benzene rings is 1. The maximum Gasteiger partial charge on any atom is 0.256 e. The first-order valence-corrected chi connectivity index (χ1v) is 12.1. The third kappa shape index (κ3) is 7.31. The normalized spacial score (nSPS) is 13.9. The largest absolute Gasteiger partial charge is 0.372 e. The van der Waals surface area contributed by atoms with Crippen molar-refractivity contribution in [1.82, 2.24) is 20.3 Å². The van der Waals surface area contributed by atoms with Gasteiger partial charge in [0.05, 0.1) is 11.3 Å². The minimum absolute atomic E-state index is 0.254. The second kappa shape index (κ2) is 14.4. The maximum absolute atomic E-state index is 12.5. The summed E-state index contributed by atoms with van der Waals surface area (Å²) in [5.41, 5.74) is 2.02. The summed E-state index contributed by atoms with van der Waals surface area (Å²) in [5.74, 6) is 1.42. The number of anilines is 3. The second-order valence-electron chi connectivity index (χ2n) is 7.15. The molecule has 186 valence electrons. The third-order valence-electron chi connectivity index (χ3n) is 5.08. The predicted octanol–water partition coefficient (Wildman–Crippen LogP) is 4.41. The topological polar surface area (TPSA) is 128 Å². The number of carbonyl (C=O) groups excluding carboxylic acids is 1. The van der Waals surface area contributed by atoms with Gasteiger partial charge < -0.3 is 21.3 Å². The lowest BCUT2D eigenvalue weighted by molar-refractivity contribution is 0.102. The molecule has 4 rings (SSSR count). The van der Waals surface area contributed by atoms with Crippen molar-refractivity contribution < 1.29 is 4.79 Å². The maximum atomic E-state index is 12.5. The quantitative estimate of drug-likeness (QED) is 0.320. The molecule has 1 saturated heterocycles. The molecule has 0 radical (unpaired) electrons. The SMILES string of the molecule is CC.CC.CNc1ncnc(NC2CCNC2)c1C(=N)c1ccc(C(=O)Nc2ccccn2)cc1. The fourth-order valence-electron chi connectivity index (χ4n) is 3.45. The summed E-state index contributed by atoms with van der Waals surface area (Å²) in [4.78, 5) is 25.2. The Morgan fingerprint density at radius 1 is 0.971 bits per heavy atom. The Kier molecular flexibility index (Phi) is 11.3. The van der Waals surface area contributed by atoms with E-state index < -0.39 is 0 Å². The molecule has 0 saturated carbocycles. The fourth-order valence-corrected chi connectivity index (χ4v) is 3.45. The number of nitrogens with one attached hydrogen (secondary N) is 5. The highest BCUT2D eigenvalue weighted by molar-refractivity contribution is 6.16. The molecule has 5 N–H and O–H groups in total. The summed E-state index contributed by atoms with van der Waals surface area (Å²) in [6.45, 7) is 9.81. The Bertz CT molecular complexity index is 1060. The molecule has 9 nitrogen and oxygen atoms in total. The summed E-state index contributed by atoms with van der Waals surface area (Å²) in [6, 6.07) is 12.5. The van der Waals surface area contributed by atoms with Gasteiger partial charge in [0.1, 0.15) is 23.8 Å². The number of pyridine rings is 1. The molecule has 1 unspecified atom stereocenters. The van der Waals surface area contributed by atoms with Crippen molar-refractivity contribution in [2.45, 2.75) is 40.2 Å². The van der Waals surface area contributed by atoms with Gasteiger partial charge in [-0.25, -0.2) is 15.0 Å². The molecular formula is C26H36N8O. The van der Waals surface area contributed by atoms with Crippen molar-refractivity contribution in [3.05, 3.63) is 71.7 Å². The van der Waals surface area contributed by atoms with Crippen LogP contribution in [0, 0.1) is 5.41 Å². The van der Waals surface area contributed by atoms with Gasteiger partial charge in [0.2, 0.25) is 0 Å². The van der Waals surface area contributed by atoms with Crippen molar-refractivity contribution >= 4 is 29.1 Å². The molecule has 1 aliphatic heterocycles. The number of rotatable bonds is 7. The van der Waals surface area contributed by atoms with E-state index in [0.29, 0.717) is 34.1 Å². The van der Waals surface area contributed by atoms with E-state index in [1.807, 2.05) is 33.8 Å². The molecule has 1 aromatic carbocycles. The molecule has 3 heterocycles. The van der Waals surface area contributed by atoms with Gasteiger partial charge in [-0.05, 0) is 37.2 Å². The van der Waals surface area contributed by atoms with Gasteiger partial charge in [-0.15, -0.1) is 0 Å². The second-order valence-corrected chi connectivity index (χ2v) is 7.15. The van der Waals surface area contributed by atoms with Gasteiger partial charge in [0.25, 0.3) is 5.91 Å². The van der Waals surface area contributed by atoms with Gasteiger partial charge in [-0.3, -0.25) is 10.2 Å². The van der Waals surface area contributed by atoms with Gasteiger partial charge in [0.15, 0.2) is 0 Å². The third-order valence-corrected chi connectivity index (χ3v) is 5.08. The average molecular weight is 477 g/mol. The highest BCUT2D eigenvalue weighted by Crippen LogP contribution is 2.25. The van der Waals surface area contributed by atoms with Crippen LogP contribution in [0.3, 0.4) is 0 Å². The lowest BCUT2D eigenvalue weighted by Gasteiger charge is -2.18.